The fourth-order valence-electron chi connectivity index (χ4n) is 3.74. The van der Waals surface area contributed by atoms with E-state index in [1.807, 2.05) is 30.3 Å². The summed E-state index contributed by atoms with van der Waals surface area (Å²) in [4.78, 5) is 2.56. The average molecular weight is 396 g/mol. The topological polar surface area (TPSA) is 28.4 Å². The lowest BCUT2D eigenvalue weighted by molar-refractivity contribution is 0.0711. The number of hydrogen-bond donors (Lipinski definition) is 1. The van der Waals surface area contributed by atoms with Crippen LogP contribution in [-0.2, 0) is 6.54 Å². The molecule has 3 saturated heterocycles. The van der Waals surface area contributed by atoms with Crippen LogP contribution in [0.3, 0.4) is 0 Å². The first-order valence-electron chi connectivity index (χ1n) is 8.19. The minimum atomic E-state index is 0.599. The van der Waals surface area contributed by atoms with Crippen molar-refractivity contribution in [2.45, 2.75) is 25.4 Å². The highest BCUT2D eigenvalue weighted by Gasteiger charge is 2.33. The molecule has 0 aliphatic carbocycles. The molecule has 4 heterocycles. The van der Waals surface area contributed by atoms with Crippen LogP contribution in [0.5, 0.6) is 0 Å². The standard InChI is InChI=1S/C18H20BrClN2O/c19-13-1-3-15(16(20)9-13)18-4-2-14(23-18)10-21-17-11-22-7-5-12(17)6-8-22/h1-4,9,12,17,21H,5-8,10-11H2. The molecule has 3 aliphatic heterocycles. The fraction of sp³-hybridized carbons (Fsp3) is 0.444. The van der Waals surface area contributed by atoms with Crippen LogP contribution in [0.1, 0.15) is 18.6 Å². The highest BCUT2D eigenvalue weighted by Crippen LogP contribution is 2.32. The second-order valence-corrected chi connectivity index (χ2v) is 7.84. The number of fused-ring (bicyclic) bond motifs is 3. The van der Waals surface area contributed by atoms with E-state index in [-0.39, 0.29) is 0 Å². The Labute approximate surface area is 150 Å². The van der Waals surface area contributed by atoms with Crippen molar-refractivity contribution in [2.24, 2.45) is 5.92 Å². The van der Waals surface area contributed by atoms with Crippen LogP contribution in [-0.4, -0.2) is 30.6 Å². The number of halogens is 2. The molecular weight excluding hydrogens is 376 g/mol. The minimum Gasteiger partial charge on any atom is -0.460 e. The van der Waals surface area contributed by atoms with Crippen LogP contribution in [0.15, 0.2) is 39.2 Å². The van der Waals surface area contributed by atoms with Gasteiger partial charge in [-0.1, -0.05) is 27.5 Å². The smallest absolute Gasteiger partial charge is 0.135 e. The molecule has 5 heteroatoms. The number of nitrogens with one attached hydrogen (secondary N) is 1. The van der Waals surface area contributed by atoms with Crippen molar-refractivity contribution in [3.63, 3.8) is 0 Å². The Bertz CT molecular complexity index is 694. The maximum Gasteiger partial charge on any atom is 0.135 e. The molecule has 2 aromatic rings. The van der Waals surface area contributed by atoms with E-state index < -0.39 is 0 Å². The van der Waals surface area contributed by atoms with E-state index in [0.29, 0.717) is 11.1 Å². The van der Waals surface area contributed by atoms with Gasteiger partial charge < -0.3 is 14.6 Å². The van der Waals surface area contributed by atoms with Gasteiger partial charge in [-0.25, -0.2) is 0 Å². The molecular formula is C18H20BrClN2O. The third-order valence-corrected chi connectivity index (χ3v) is 5.86. The molecule has 23 heavy (non-hydrogen) atoms. The lowest BCUT2D eigenvalue weighted by Gasteiger charge is -2.45. The van der Waals surface area contributed by atoms with Gasteiger partial charge in [-0.05, 0) is 62.2 Å². The van der Waals surface area contributed by atoms with Gasteiger partial charge in [-0.3, -0.25) is 0 Å². The molecule has 3 aliphatic rings. The Morgan fingerprint density at radius 2 is 2.04 bits per heavy atom. The van der Waals surface area contributed by atoms with Gasteiger partial charge in [0, 0.05) is 22.6 Å². The number of piperidine rings is 3. The predicted octanol–water partition coefficient (Wildman–Crippen LogP) is 4.55. The molecule has 0 amide bonds. The lowest BCUT2D eigenvalue weighted by atomic mass is 9.84. The molecule has 1 aromatic carbocycles. The number of hydrogen-bond acceptors (Lipinski definition) is 3. The van der Waals surface area contributed by atoms with Crippen LogP contribution >= 0.6 is 27.5 Å². The van der Waals surface area contributed by atoms with Crippen LogP contribution in [0, 0.1) is 5.92 Å². The van der Waals surface area contributed by atoms with Crippen LogP contribution < -0.4 is 5.32 Å². The molecule has 1 aromatic heterocycles. The Morgan fingerprint density at radius 3 is 2.74 bits per heavy atom. The largest absolute Gasteiger partial charge is 0.460 e. The summed E-state index contributed by atoms with van der Waals surface area (Å²) in [6, 6.07) is 10.5. The summed E-state index contributed by atoms with van der Waals surface area (Å²) in [5.41, 5.74) is 0.934. The minimum absolute atomic E-state index is 0.599. The van der Waals surface area contributed by atoms with Crippen molar-refractivity contribution in [3.8, 4) is 11.3 Å². The third-order valence-electron chi connectivity index (χ3n) is 5.05. The lowest BCUT2D eigenvalue weighted by Crippen LogP contribution is -2.55. The Balaban J connectivity index is 1.42. The molecule has 3 nitrogen and oxygen atoms in total. The number of nitrogens with zero attached hydrogens (tertiary/aromatic N) is 1. The summed E-state index contributed by atoms with van der Waals surface area (Å²) >= 11 is 9.73. The van der Waals surface area contributed by atoms with E-state index >= 15 is 0 Å². The van der Waals surface area contributed by atoms with E-state index in [1.54, 1.807) is 0 Å². The number of benzene rings is 1. The van der Waals surface area contributed by atoms with Crippen LogP contribution in [0.25, 0.3) is 11.3 Å². The van der Waals surface area contributed by atoms with Crippen molar-refractivity contribution in [1.82, 2.24) is 10.2 Å². The summed E-state index contributed by atoms with van der Waals surface area (Å²) in [5.74, 6) is 2.62. The van der Waals surface area contributed by atoms with Gasteiger partial charge >= 0.3 is 0 Å². The van der Waals surface area contributed by atoms with Gasteiger partial charge in [0.25, 0.3) is 0 Å². The van der Waals surface area contributed by atoms with Gasteiger partial charge in [0.1, 0.15) is 11.5 Å². The molecule has 5 rings (SSSR count). The molecule has 0 spiro atoms. The van der Waals surface area contributed by atoms with Gasteiger partial charge in [0.2, 0.25) is 0 Å². The molecule has 1 unspecified atom stereocenters. The fourth-order valence-corrected chi connectivity index (χ4v) is 4.50. The molecule has 3 fully saturated rings. The first-order valence-corrected chi connectivity index (χ1v) is 9.36. The van der Waals surface area contributed by atoms with Crippen LogP contribution in [0.4, 0.5) is 0 Å². The SMILES string of the molecule is Clc1cc(Br)ccc1-c1ccc(CNC2CN3CCC2CC3)o1. The van der Waals surface area contributed by atoms with E-state index in [9.17, 15) is 0 Å². The van der Waals surface area contributed by atoms with E-state index in [1.165, 1.54) is 32.5 Å². The monoisotopic (exact) mass is 394 g/mol. The molecule has 2 bridgehead atoms. The first kappa shape index (κ1) is 15.7. The van der Waals surface area contributed by atoms with E-state index in [4.69, 9.17) is 16.0 Å². The third kappa shape index (κ3) is 3.36. The van der Waals surface area contributed by atoms with Gasteiger partial charge in [-0.2, -0.15) is 0 Å². The zero-order chi connectivity index (χ0) is 15.8. The van der Waals surface area contributed by atoms with Crippen molar-refractivity contribution < 1.29 is 4.42 Å². The second-order valence-electron chi connectivity index (χ2n) is 6.52. The highest BCUT2D eigenvalue weighted by molar-refractivity contribution is 9.10. The summed E-state index contributed by atoms with van der Waals surface area (Å²) in [5, 5.41) is 4.38. The predicted molar refractivity (Wildman–Crippen MR) is 96.6 cm³/mol. The number of furan rings is 1. The quantitative estimate of drug-likeness (QED) is 0.823. The van der Waals surface area contributed by atoms with E-state index in [2.05, 4.69) is 26.1 Å². The summed E-state index contributed by atoms with van der Waals surface area (Å²) in [7, 11) is 0. The van der Waals surface area contributed by atoms with E-state index in [0.717, 1.165) is 34.0 Å². The maximum atomic E-state index is 6.30. The molecule has 0 radical (unpaired) electrons. The molecule has 1 N–H and O–H groups in total. The zero-order valence-electron chi connectivity index (χ0n) is 12.9. The Hall–Kier alpha value is -0.810. The molecule has 1 atom stereocenters. The summed E-state index contributed by atoms with van der Waals surface area (Å²) in [6.07, 6.45) is 2.66. The molecule has 122 valence electrons. The summed E-state index contributed by atoms with van der Waals surface area (Å²) in [6.45, 7) is 4.51. The highest BCUT2D eigenvalue weighted by atomic mass is 79.9. The van der Waals surface area contributed by atoms with Crippen molar-refractivity contribution >= 4 is 27.5 Å². The molecule has 0 saturated carbocycles. The van der Waals surface area contributed by atoms with Gasteiger partial charge in [-0.15, -0.1) is 0 Å². The average Bonchev–Trinajstić information content (AvgIpc) is 3.03. The number of rotatable bonds is 4. The normalized spacial score (nSPS) is 26.6. The first-order chi connectivity index (χ1) is 11.2. The zero-order valence-corrected chi connectivity index (χ0v) is 15.2. The van der Waals surface area contributed by atoms with Crippen molar-refractivity contribution in [1.29, 1.82) is 0 Å². The maximum absolute atomic E-state index is 6.30. The van der Waals surface area contributed by atoms with Crippen molar-refractivity contribution in [2.75, 3.05) is 19.6 Å². The van der Waals surface area contributed by atoms with Crippen molar-refractivity contribution in [3.05, 3.63) is 45.6 Å². The second kappa shape index (κ2) is 6.60. The van der Waals surface area contributed by atoms with Gasteiger partial charge in [0.05, 0.1) is 11.6 Å². The van der Waals surface area contributed by atoms with Gasteiger partial charge in [0.15, 0.2) is 0 Å². The van der Waals surface area contributed by atoms with Crippen LogP contribution in [0.2, 0.25) is 5.02 Å². The summed E-state index contributed by atoms with van der Waals surface area (Å²) < 4.78 is 6.96. The Morgan fingerprint density at radius 1 is 1.22 bits per heavy atom. The Kier molecular flexibility index (Phi) is 4.50.